The van der Waals surface area contributed by atoms with Crippen LogP contribution in [0.3, 0.4) is 0 Å². The van der Waals surface area contributed by atoms with Crippen LogP contribution in [-0.2, 0) is 0 Å². The minimum atomic E-state index is -0.451. The first-order valence-electron chi connectivity index (χ1n) is 4.63. The molecule has 0 aliphatic heterocycles. The third-order valence-electron chi connectivity index (χ3n) is 1.83. The Balaban J connectivity index is 3.11. The molecule has 1 aromatic rings. The van der Waals surface area contributed by atoms with E-state index in [-0.39, 0.29) is 11.6 Å². The van der Waals surface area contributed by atoms with Crippen molar-refractivity contribution in [2.24, 2.45) is 5.92 Å². The summed E-state index contributed by atoms with van der Waals surface area (Å²) in [4.78, 5) is 10.3. The Bertz CT molecular complexity index is 382. The van der Waals surface area contributed by atoms with Crippen molar-refractivity contribution < 1.29 is 9.31 Å². The van der Waals surface area contributed by atoms with E-state index in [1.165, 1.54) is 24.3 Å². The van der Waals surface area contributed by atoms with Crippen molar-refractivity contribution in [2.75, 3.05) is 0 Å². The number of benzene rings is 1. The molecule has 0 N–H and O–H groups in total. The minimum absolute atomic E-state index is 0.0185. The first kappa shape index (κ1) is 11.4. The Morgan fingerprint density at radius 2 is 1.93 bits per heavy atom. The SMILES string of the molecule is CC(C)/C=C(/c1ccc(F)cc1)[N+](=O)[O-]. The topological polar surface area (TPSA) is 43.1 Å². The van der Waals surface area contributed by atoms with Crippen molar-refractivity contribution >= 4 is 5.70 Å². The highest BCUT2D eigenvalue weighted by Crippen LogP contribution is 2.17. The number of hydrogen-bond acceptors (Lipinski definition) is 2. The highest BCUT2D eigenvalue weighted by molar-refractivity contribution is 5.58. The molecule has 4 heteroatoms. The molecular weight excluding hydrogens is 197 g/mol. The van der Waals surface area contributed by atoms with E-state index in [1.54, 1.807) is 6.08 Å². The van der Waals surface area contributed by atoms with Crippen LogP contribution in [0.15, 0.2) is 30.3 Å². The standard InChI is InChI=1S/C11H12FNO2/c1-8(2)7-11(13(14)15)9-3-5-10(12)6-4-9/h3-8H,1-2H3/b11-7-. The van der Waals surface area contributed by atoms with Crippen molar-refractivity contribution in [2.45, 2.75) is 13.8 Å². The quantitative estimate of drug-likeness (QED) is 0.567. The Kier molecular flexibility index (Phi) is 3.55. The molecule has 0 saturated heterocycles. The maximum absolute atomic E-state index is 12.6. The molecule has 1 aromatic carbocycles. The van der Waals surface area contributed by atoms with Crippen molar-refractivity contribution in [1.82, 2.24) is 0 Å². The van der Waals surface area contributed by atoms with Crippen molar-refractivity contribution in [3.8, 4) is 0 Å². The molecule has 0 aliphatic rings. The highest BCUT2D eigenvalue weighted by Gasteiger charge is 2.14. The number of hydrogen-bond donors (Lipinski definition) is 0. The van der Waals surface area contributed by atoms with Gasteiger partial charge in [0.05, 0.1) is 10.5 Å². The first-order chi connectivity index (χ1) is 7.00. The Hall–Kier alpha value is -1.71. The maximum Gasteiger partial charge on any atom is 0.272 e. The average Bonchev–Trinajstić information content (AvgIpc) is 2.15. The maximum atomic E-state index is 12.6. The van der Waals surface area contributed by atoms with Crippen LogP contribution in [0.4, 0.5) is 4.39 Å². The molecule has 0 fully saturated rings. The van der Waals surface area contributed by atoms with Gasteiger partial charge in [-0.1, -0.05) is 13.8 Å². The predicted molar refractivity (Wildman–Crippen MR) is 56.2 cm³/mol. The van der Waals surface area contributed by atoms with E-state index in [4.69, 9.17) is 0 Å². The molecule has 15 heavy (non-hydrogen) atoms. The van der Waals surface area contributed by atoms with Crippen molar-refractivity contribution in [3.63, 3.8) is 0 Å². The van der Waals surface area contributed by atoms with Crippen molar-refractivity contribution in [3.05, 3.63) is 51.8 Å². The zero-order valence-electron chi connectivity index (χ0n) is 8.61. The number of rotatable bonds is 3. The van der Waals surface area contributed by atoms with Gasteiger partial charge < -0.3 is 0 Å². The zero-order valence-corrected chi connectivity index (χ0v) is 8.61. The van der Waals surface area contributed by atoms with Gasteiger partial charge in [0.15, 0.2) is 0 Å². The number of nitro groups is 1. The number of nitrogens with zero attached hydrogens (tertiary/aromatic N) is 1. The summed E-state index contributed by atoms with van der Waals surface area (Å²) in [5, 5.41) is 10.8. The average molecular weight is 209 g/mol. The van der Waals surface area contributed by atoms with Gasteiger partial charge in [-0.25, -0.2) is 4.39 Å². The number of halogens is 1. The van der Waals surface area contributed by atoms with E-state index in [1.807, 2.05) is 13.8 Å². The second kappa shape index (κ2) is 4.68. The van der Waals surface area contributed by atoms with Gasteiger partial charge in [0, 0.05) is 0 Å². The van der Waals surface area contributed by atoms with Crippen LogP contribution in [0.5, 0.6) is 0 Å². The summed E-state index contributed by atoms with van der Waals surface area (Å²) in [6, 6.07) is 5.25. The molecular formula is C11H12FNO2. The Labute approximate surface area is 87.4 Å². The lowest BCUT2D eigenvalue weighted by Gasteiger charge is -2.00. The van der Waals surface area contributed by atoms with Crippen LogP contribution in [0, 0.1) is 21.8 Å². The summed E-state index contributed by atoms with van der Waals surface area (Å²) >= 11 is 0. The van der Waals surface area contributed by atoms with E-state index < -0.39 is 10.7 Å². The normalized spacial score (nSPS) is 11.9. The molecule has 0 aromatic heterocycles. The summed E-state index contributed by atoms with van der Waals surface area (Å²) in [5.74, 6) is -0.318. The summed E-state index contributed by atoms with van der Waals surface area (Å²) in [6.07, 6.45) is 1.55. The minimum Gasteiger partial charge on any atom is -0.258 e. The number of allylic oxidation sites excluding steroid dienone is 1. The molecule has 1 rings (SSSR count). The lowest BCUT2D eigenvalue weighted by atomic mass is 10.1. The van der Waals surface area contributed by atoms with E-state index >= 15 is 0 Å². The summed E-state index contributed by atoms with van der Waals surface area (Å²) in [5.41, 5.74) is 0.445. The Morgan fingerprint density at radius 1 is 1.40 bits per heavy atom. The second-order valence-corrected chi connectivity index (χ2v) is 3.56. The first-order valence-corrected chi connectivity index (χ1v) is 4.63. The molecule has 0 unspecified atom stereocenters. The van der Waals surface area contributed by atoms with Crippen LogP contribution < -0.4 is 0 Å². The summed E-state index contributed by atoms with van der Waals surface area (Å²) in [6.45, 7) is 3.71. The molecule has 0 amide bonds. The third kappa shape index (κ3) is 3.16. The van der Waals surface area contributed by atoms with Gasteiger partial charge in [-0.15, -0.1) is 0 Å². The predicted octanol–water partition coefficient (Wildman–Crippen LogP) is 3.10. The second-order valence-electron chi connectivity index (χ2n) is 3.56. The summed E-state index contributed by atoms with van der Waals surface area (Å²) < 4.78 is 12.6. The Morgan fingerprint density at radius 3 is 2.33 bits per heavy atom. The van der Waals surface area contributed by atoms with Crippen LogP contribution in [-0.4, -0.2) is 4.92 Å². The van der Waals surface area contributed by atoms with Crippen LogP contribution in [0.2, 0.25) is 0 Å². The lowest BCUT2D eigenvalue weighted by molar-refractivity contribution is -0.375. The van der Waals surface area contributed by atoms with E-state index in [9.17, 15) is 14.5 Å². The fourth-order valence-corrected chi connectivity index (χ4v) is 1.20. The van der Waals surface area contributed by atoms with Crippen LogP contribution in [0.25, 0.3) is 5.70 Å². The van der Waals surface area contributed by atoms with E-state index in [0.29, 0.717) is 5.56 Å². The molecule has 0 bridgehead atoms. The van der Waals surface area contributed by atoms with Gasteiger partial charge in [0.2, 0.25) is 0 Å². The fourth-order valence-electron chi connectivity index (χ4n) is 1.20. The van der Waals surface area contributed by atoms with Gasteiger partial charge in [-0.05, 0) is 36.3 Å². The van der Waals surface area contributed by atoms with E-state index in [2.05, 4.69) is 0 Å². The van der Waals surface area contributed by atoms with Gasteiger partial charge in [-0.3, -0.25) is 10.1 Å². The molecule has 80 valence electrons. The molecule has 0 radical (unpaired) electrons. The molecule has 0 saturated carbocycles. The molecule has 3 nitrogen and oxygen atoms in total. The largest absolute Gasteiger partial charge is 0.272 e. The summed E-state index contributed by atoms with van der Waals surface area (Å²) in [7, 11) is 0. The van der Waals surface area contributed by atoms with Gasteiger partial charge in [-0.2, -0.15) is 0 Å². The van der Waals surface area contributed by atoms with E-state index in [0.717, 1.165) is 0 Å². The fraction of sp³-hybridized carbons (Fsp3) is 0.273. The monoisotopic (exact) mass is 209 g/mol. The molecule has 0 atom stereocenters. The van der Waals surface area contributed by atoms with Crippen LogP contribution >= 0.6 is 0 Å². The van der Waals surface area contributed by atoms with Gasteiger partial charge >= 0.3 is 0 Å². The van der Waals surface area contributed by atoms with Gasteiger partial charge in [0.25, 0.3) is 5.70 Å². The third-order valence-corrected chi connectivity index (χ3v) is 1.83. The molecule has 0 aliphatic carbocycles. The zero-order chi connectivity index (χ0) is 11.4. The smallest absolute Gasteiger partial charge is 0.258 e. The lowest BCUT2D eigenvalue weighted by Crippen LogP contribution is -1.99. The molecule has 0 heterocycles. The van der Waals surface area contributed by atoms with Gasteiger partial charge in [0.1, 0.15) is 5.82 Å². The molecule has 0 spiro atoms. The highest BCUT2D eigenvalue weighted by atomic mass is 19.1. The van der Waals surface area contributed by atoms with Crippen molar-refractivity contribution in [1.29, 1.82) is 0 Å². The van der Waals surface area contributed by atoms with Crippen LogP contribution in [0.1, 0.15) is 19.4 Å².